The Balaban J connectivity index is 0.00000139. The van der Waals surface area contributed by atoms with Gasteiger partial charge in [0.05, 0.1) is 12.1 Å². The van der Waals surface area contributed by atoms with Gasteiger partial charge >= 0.3 is 6.18 Å². The highest BCUT2D eigenvalue weighted by atomic mass is 19.4. The second kappa shape index (κ2) is 8.70. The molecular formula is C17H23F3N2O2. The Morgan fingerprint density at radius 1 is 1.17 bits per heavy atom. The monoisotopic (exact) mass is 344 g/mol. The molecule has 1 atom stereocenters. The zero-order valence-corrected chi connectivity index (χ0v) is 14.1. The first-order valence-corrected chi connectivity index (χ1v) is 8.06. The number of nitrogens with one attached hydrogen (secondary N) is 1. The van der Waals surface area contributed by atoms with Gasteiger partial charge in [-0.25, -0.2) is 0 Å². The summed E-state index contributed by atoms with van der Waals surface area (Å²) in [5.41, 5.74) is -0.166. The van der Waals surface area contributed by atoms with Gasteiger partial charge in [-0.1, -0.05) is 39.3 Å². The third-order valence-electron chi connectivity index (χ3n) is 3.61. The van der Waals surface area contributed by atoms with Crippen LogP contribution in [0.2, 0.25) is 0 Å². The number of piperazine rings is 1. The van der Waals surface area contributed by atoms with Gasteiger partial charge in [-0.3, -0.25) is 9.59 Å². The highest BCUT2D eigenvalue weighted by molar-refractivity contribution is 5.94. The van der Waals surface area contributed by atoms with Crippen molar-refractivity contribution in [1.82, 2.24) is 10.2 Å². The smallest absolute Gasteiger partial charge is 0.345 e. The number of alkyl halides is 3. The molecule has 2 rings (SSSR count). The van der Waals surface area contributed by atoms with Gasteiger partial charge in [0.25, 0.3) is 0 Å². The standard InChI is InChI=1S/C15H17F3N2O2.C2H6/c1-2-3-12-14(22)19-8-13(21)20(12)9-10-4-6-11(7-5-10)15(16,17)18;1-2/h4-7,12H,2-3,8-9H2,1H3,(H,19,22);1-2H3. The van der Waals surface area contributed by atoms with E-state index in [1.54, 1.807) is 0 Å². The summed E-state index contributed by atoms with van der Waals surface area (Å²) in [6.45, 7) is 5.97. The molecule has 1 aliphatic rings. The van der Waals surface area contributed by atoms with E-state index >= 15 is 0 Å². The van der Waals surface area contributed by atoms with Gasteiger partial charge in [-0.2, -0.15) is 13.2 Å². The number of halogens is 3. The molecule has 7 heteroatoms. The number of benzene rings is 1. The van der Waals surface area contributed by atoms with Gasteiger partial charge in [0.15, 0.2) is 0 Å². The number of rotatable bonds is 4. The first-order valence-electron chi connectivity index (χ1n) is 8.06. The van der Waals surface area contributed by atoms with Crippen LogP contribution in [0.3, 0.4) is 0 Å². The number of hydrogen-bond donors (Lipinski definition) is 1. The topological polar surface area (TPSA) is 49.4 Å². The van der Waals surface area contributed by atoms with Crippen molar-refractivity contribution in [1.29, 1.82) is 0 Å². The van der Waals surface area contributed by atoms with E-state index in [1.165, 1.54) is 17.0 Å². The summed E-state index contributed by atoms with van der Waals surface area (Å²) >= 11 is 0. The van der Waals surface area contributed by atoms with Crippen LogP contribution < -0.4 is 5.32 Å². The number of amides is 2. The first-order chi connectivity index (χ1) is 11.3. The van der Waals surface area contributed by atoms with Crippen LogP contribution in [0.5, 0.6) is 0 Å². The Morgan fingerprint density at radius 2 is 1.75 bits per heavy atom. The quantitative estimate of drug-likeness (QED) is 0.910. The minimum atomic E-state index is -4.38. The van der Waals surface area contributed by atoms with Gasteiger partial charge in [0.1, 0.15) is 6.04 Å². The molecule has 0 spiro atoms. The van der Waals surface area contributed by atoms with Gasteiger partial charge in [-0.15, -0.1) is 0 Å². The third kappa shape index (κ3) is 4.97. The Labute approximate surface area is 140 Å². The van der Waals surface area contributed by atoms with Crippen molar-refractivity contribution in [3.63, 3.8) is 0 Å². The molecule has 0 aliphatic carbocycles. The molecule has 2 amide bonds. The molecule has 134 valence electrons. The summed E-state index contributed by atoms with van der Waals surface area (Å²) in [4.78, 5) is 25.3. The van der Waals surface area contributed by atoms with Crippen molar-refractivity contribution in [2.75, 3.05) is 6.54 Å². The van der Waals surface area contributed by atoms with E-state index in [-0.39, 0.29) is 24.9 Å². The zero-order chi connectivity index (χ0) is 18.3. The lowest BCUT2D eigenvalue weighted by atomic mass is 10.0. The summed E-state index contributed by atoms with van der Waals surface area (Å²) in [5, 5.41) is 2.53. The maximum absolute atomic E-state index is 12.5. The summed E-state index contributed by atoms with van der Waals surface area (Å²) in [5.74, 6) is -0.439. The Hall–Kier alpha value is -2.05. The predicted molar refractivity (Wildman–Crippen MR) is 85.0 cm³/mol. The molecule has 0 radical (unpaired) electrons. The number of hydrogen-bond acceptors (Lipinski definition) is 2. The molecule has 1 aromatic rings. The lowest BCUT2D eigenvalue weighted by molar-refractivity contribution is -0.146. The van der Waals surface area contributed by atoms with Crippen LogP contribution >= 0.6 is 0 Å². The van der Waals surface area contributed by atoms with Crippen molar-refractivity contribution in [2.45, 2.75) is 52.4 Å². The maximum Gasteiger partial charge on any atom is 0.416 e. The molecule has 1 heterocycles. The Bertz CT molecular complexity index is 556. The van der Waals surface area contributed by atoms with Crippen molar-refractivity contribution in [3.8, 4) is 0 Å². The van der Waals surface area contributed by atoms with Crippen LogP contribution in [-0.2, 0) is 22.3 Å². The van der Waals surface area contributed by atoms with Gasteiger partial charge in [0, 0.05) is 6.54 Å². The molecule has 1 aromatic carbocycles. The fraction of sp³-hybridized carbons (Fsp3) is 0.529. The maximum atomic E-state index is 12.5. The van der Waals surface area contributed by atoms with Crippen molar-refractivity contribution < 1.29 is 22.8 Å². The average Bonchev–Trinajstić information content (AvgIpc) is 2.56. The molecular weight excluding hydrogens is 321 g/mol. The molecule has 1 saturated heterocycles. The molecule has 24 heavy (non-hydrogen) atoms. The number of nitrogens with zero attached hydrogens (tertiary/aromatic N) is 1. The van der Waals surface area contributed by atoms with E-state index in [0.717, 1.165) is 18.6 Å². The molecule has 0 aromatic heterocycles. The molecule has 1 unspecified atom stereocenters. The average molecular weight is 344 g/mol. The largest absolute Gasteiger partial charge is 0.416 e. The third-order valence-corrected chi connectivity index (χ3v) is 3.61. The summed E-state index contributed by atoms with van der Waals surface area (Å²) in [7, 11) is 0. The zero-order valence-electron chi connectivity index (χ0n) is 14.1. The fourth-order valence-corrected chi connectivity index (χ4v) is 2.45. The fourth-order valence-electron chi connectivity index (χ4n) is 2.45. The van der Waals surface area contributed by atoms with Crippen LogP contribution in [0.25, 0.3) is 0 Å². The van der Waals surface area contributed by atoms with Gasteiger partial charge < -0.3 is 10.2 Å². The lowest BCUT2D eigenvalue weighted by Crippen LogP contribution is -2.57. The molecule has 0 bridgehead atoms. The predicted octanol–water partition coefficient (Wildman–Crippen LogP) is 3.36. The van der Waals surface area contributed by atoms with E-state index in [1.807, 2.05) is 20.8 Å². The summed E-state index contributed by atoms with van der Waals surface area (Å²) in [6, 6.07) is 4.09. The number of carbonyl (C=O) groups is 2. The van der Waals surface area contributed by atoms with Crippen LogP contribution in [-0.4, -0.2) is 29.3 Å². The van der Waals surface area contributed by atoms with E-state index in [9.17, 15) is 22.8 Å². The van der Waals surface area contributed by atoms with Crippen LogP contribution in [0.15, 0.2) is 24.3 Å². The van der Waals surface area contributed by atoms with E-state index < -0.39 is 17.8 Å². The van der Waals surface area contributed by atoms with Gasteiger partial charge in [-0.05, 0) is 24.1 Å². The molecule has 1 N–H and O–H groups in total. The van der Waals surface area contributed by atoms with Crippen molar-refractivity contribution in [3.05, 3.63) is 35.4 Å². The van der Waals surface area contributed by atoms with Crippen LogP contribution in [0, 0.1) is 0 Å². The highest BCUT2D eigenvalue weighted by Gasteiger charge is 2.34. The molecule has 1 fully saturated rings. The molecule has 0 saturated carbocycles. The van der Waals surface area contributed by atoms with E-state index in [0.29, 0.717) is 12.0 Å². The number of carbonyl (C=O) groups excluding carboxylic acids is 2. The normalized spacial score (nSPS) is 17.9. The first kappa shape index (κ1) is 20.0. The second-order valence-electron chi connectivity index (χ2n) is 5.24. The molecule has 1 aliphatic heterocycles. The lowest BCUT2D eigenvalue weighted by Gasteiger charge is -2.35. The van der Waals surface area contributed by atoms with E-state index in [2.05, 4.69) is 5.32 Å². The molecule has 4 nitrogen and oxygen atoms in total. The highest BCUT2D eigenvalue weighted by Crippen LogP contribution is 2.29. The summed E-state index contributed by atoms with van der Waals surface area (Å²) < 4.78 is 37.6. The van der Waals surface area contributed by atoms with Crippen molar-refractivity contribution in [2.24, 2.45) is 0 Å². The minimum absolute atomic E-state index is 0.0698. The SMILES string of the molecule is CC.CCCC1C(=O)NCC(=O)N1Cc1ccc(C(F)(F)F)cc1. The van der Waals surface area contributed by atoms with Crippen LogP contribution in [0.1, 0.15) is 44.7 Å². The Morgan fingerprint density at radius 3 is 2.25 bits per heavy atom. The minimum Gasteiger partial charge on any atom is -0.345 e. The van der Waals surface area contributed by atoms with Gasteiger partial charge in [0.2, 0.25) is 11.8 Å². The van der Waals surface area contributed by atoms with Crippen molar-refractivity contribution >= 4 is 11.8 Å². The Kier molecular flexibility index (Phi) is 7.25. The summed E-state index contributed by atoms with van der Waals surface area (Å²) in [6.07, 6.45) is -3.13. The van der Waals surface area contributed by atoms with Crippen LogP contribution in [0.4, 0.5) is 13.2 Å². The second-order valence-corrected chi connectivity index (χ2v) is 5.24. The van der Waals surface area contributed by atoms with E-state index in [4.69, 9.17) is 0 Å².